The molecular formula is C11H15N3O2. The molecule has 5 heteroatoms. The van der Waals surface area contributed by atoms with Gasteiger partial charge in [-0.3, -0.25) is 4.79 Å². The third-order valence-corrected chi connectivity index (χ3v) is 2.81. The largest absolute Gasteiger partial charge is 0.399 e. The van der Waals surface area contributed by atoms with E-state index < -0.39 is 0 Å². The molecule has 1 saturated heterocycles. The number of nitrogen functional groups attached to an aromatic ring is 2. The van der Waals surface area contributed by atoms with Crippen LogP contribution in [0.5, 0.6) is 0 Å². The number of benzene rings is 1. The van der Waals surface area contributed by atoms with Crippen LogP contribution in [0.25, 0.3) is 0 Å². The summed E-state index contributed by atoms with van der Waals surface area (Å²) in [6, 6.07) is 4.88. The lowest BCUT2D eigenvalue weighted by molar-refractivity contribution is 0.0363. The van der Waals surface area contributed by atoms with Gasteiger partial charge in [0.25, 0.3) is 5.91 Å². The quantitative estimate of drug-likeness (QED) is 0.609. The molecule has 0 aromatic heterocycles. The van der Waals surface area contributed by atoms with Crippen molar-refractivity contribution >= 4 is 17.3 Å². The molecule has 1 aromatic rings. The first-order chi connectivity index (χ1) is 7.61. The summed E-state index contributed by atoms with van der Waals surface area (Å²) in [6.45, 7) is 1.32. The number of anilines is 2. The second-order valence-electron chi connectivity index (χ2n) is 4.11. The van der Waals surface area contributed by atoms with Gasteiger partial charge in [0.15, 0.2) is 0 Å². The fourth-order valence-electron chi connectivity index (χ4n) is 1.80. The molecule has 0 aliphatic carbocycles. The Morgan fingerprint density at radius 1 is 1.44 bits per heavy atom. The Kier molecular flexibility index (Phi) is 2.70. The predicted molar refractivity (Wildman–Crippen MR) is 61.7 cm³/mol. The van der Waals surface area contributed by atoms with Crippen molar-refractivity contribution in [1.82, 2.24) is 4.90 Å². The zero-order valence-electron chi connectivity index (χ0n) is 8.89. The Morgan fingerprint density at radius 2 is 2.12 bits per heavy atom. The summed E-state index contributed by atoms with van der Waals surface area (Å²) in [5.41, 5.74) is 12.7. The number of nitrogens with zero attached hydrogens (tertiary/aromatic N) is 1. The summed E-state index contributed by atoms with van der Waals surface area (Å²) in [5.74, 6) is 0.112. The van der Waals surface area contributed by atoms with E-state index in [-0.39, 0.29) is 18.4 Å². The molecule has 0 radical (unpaired) electrons. The molecule has 0 bridgehead atoms. The molecule has 5 nitrogen and oxygen atoms in total. The van der Waals surface area contributed by atoms with Crippen molar-refractivity contribution in [2.24, 2.45) is 5.92 Å². The highest BCUT2D eigenvalue weighted by molar-refractivity contribution is 6.00. The van der Waals surface area contributed by atoms with Gasteiger partial charge in [-0.25, -0.2) is 0 Å². The van der Waals surface area contributed by atoms with Crippen LogP contribution in [0.2, 0.25) is 0 Å². The molecule has 2 rings (SSSR count). The Labute approximate surface area is 93.6 Å². The Bertz CT molecular complexity index is 414. The van der Waals surface area contributed by atoms with E-state index >= 15 is 0 Å². The summed E-state index contributed by atoms with van der Waals surface area (Å²) >= 11 is 0. The van der Waals surface area contributed by atoms with Crippen LogP contribution in [-0.4, -0.2) is 35.6 Å². The van der Waals surface area contributed by atoms with Gasteiger partial charge in [-0.1, -0.05) is 0 Å². The van der Waals surface area contributed by atoms with Crippen molar-refractivity contribution < 1.29 is 9.90 Å². The molecule has 5 N–H and O–H groups in total. The number of hydrogen-bond donors (Lipinski definition) is 3. The molecule has 0 saturated carbocycles. The lowest BCUT2D eigenvalue weighted by atomic mass is 9.99. The molecule has 0 spiro atoms. The van der Waals surface area contributed by atoms with Crippen molar-refractivity contribution in [3.8, 4) is 0 Å². The second-order valence-corrected chi connectivity index (χ2v) is 4.11. The van der Waals surface area contributed by atoms with Gasteiger partial charge in [0.2, 0.25) is 0 Å². The van der Waals surface area contributed by atoms with E-state index in [1.165, 1.54) is 0 Å². The molecule has 16 heavy (non-hydrogen) atoms. The molecular weight excluding hydrogens is 206 g/mol. The van der Waals surface area contributed by atoms with Gasteiger partial charge in [0.1, 0.15) is 0 Å². The van der Waals surface area contributed by atoms with Gasteiger partial charge < -0.3 is 21.5 Å². The number of hydrogen-bond acceptors (Lipinski definition) is 4. The Morgan fingerprint density at radius 3 is 2.69 bits per heavy atom. The maximum atomic E-state index is 11.9. The topological polar surface area (TPSA) is 92.6 Å². The number of aliphatic hydroxyl groups excluding tert-OH is 1. The number of likely N-dealkylation sites (tertiary alicyclic amines) is 1. The lowest BCUT2D eigenvalue weighted by Gasteiger charge is -2.38. The molecule has 1 heterocycles. The van der Waals surface area contributed by atoms with Crippen LogP contribution in [0.1, 0.15) is 10.4 Å². The van der Waals surface area contributed by atoms with Gasteiger partial charge >= 0.3 is 0 Å². The molecule has 1 amide bonds. The van der Waals surface area contributed by atoms with Crippen LogP contribution in [-0.2, 0) is 0 Å². The number of carbonyl (C=O) groups is 1. The van der Waals surface area contributed by atoms with Gasteiger partial charge in [-0.15, -0.1) is 0 Å². The van der Waals surface area contributed by atoms with Gasteiger partial charge in [0, 0.05) is 37.0 Å². The fraction of sp³-hybridized carbons (Fsp3) is 0.364. The number of aliphatic hydroxyl groups is 1. The zero-order chi connectivity index (χ0) is 11.7. The predicted octanol–water partition coefficient (Wildman–Crippen LogP) is -0.0847. The Balaban J connectivity index is 2.10. The van der Waals surface area contributed by atoms with Crippen molar-refractivity contribution in [2.45, 2.75) is 0 Å². The minimum atomic E-state index is -0.0952. The van der Waals surface area contributed by atoms with Crippen molar-refractivity contribution in [2.75, 3.05) is 31.2 Å². The van der Waals surface area contributed by atoms with E-state index in [2.05, 4.69) is 0 Å². The van der Waals surface area contributed by atoms with E-state index in [9.17, 15) is 4.79 Å². The smallest absolute Gasteiger partial charge is 0.255 e. The van der Waals surface area contributed by atoms with Crippen LogP contribution in [0, 0.1) is 5.92 Å². The molecule has 0 unspecified atom stereocenters. The molecule has 0 atom stereocenters. The van der Waals surface area contributed by atoms with Gasteiger partial charge in [-0.2, -0.15) is 0 Å². The number of amides is 1. The van der Waals surface area contributed by atoms with Crippen LogP contribution in [0.3, 0.4) is 0 Å². The van der Waals surface area contributed by atoms with Crippen LogP contribution >= 0.6 is 0 Å². The first kappa shape index (κ1) is 10.8. The van der Waals surface area contributed by atoms with Crippen LogP contribution in [0.4, 0.5) is 11.4 Å². The average molecular weight is 221 g/mol. The van der Waals surface area contributed by atoms with E-state index in [0.29, 0.717) is 30.0 Å². The van der Waals surface area contributed by atoms with Gasteiger partial charge in [0.05, 0.1) is 5.56 Å². The minimum Gasteiger partial charge on any atom is -0.399 e. The maximum absolute atomic E-state index is 11.9. The number of carbonyl (C=O) groups excluding carboxylic acids is 1. The molecule has 1 aliphatic rings. The van der Waals surface area contributed by atoms with Gasteiger partial charge in [-0.05, 0) is 18.2 Å². The lowest BCUT2D eigenvalue weighted by Crippen LogP contribution is -2.51. The first-order valence-corrected chi connectivity index (χ1v) is 5.17. The highest BCUT2D eigenvalue weighted by atomic mass is 16.3. The number of nitrogens with two attached hydrogens (primary N) is 2. The molecule has 1 fully saturated rings. The fourth-order valence-corrected chi connectivity index (χ4v) is 1.80. The third-order valence-electron chi connectivity index (χ3n) is 2.81. The Hall–Kier alpha value is -1.75. The van der Waals surface area contributed by atoms with E-state index in [1.807, 2.05) is 0 Å². The summed E-state index contributed by atoms with van der Waals surface area (Å²) in [5, 5.41) is 8.87. The summed E-state index contributed by atoms with van der Waals surface area (Å²) in [7, 11) is 0. The normalized spacial score (nSPS) is 15.9. The summed E-state index contributed by atoms with van der Waals surface area (Å²) in [6.07, 6.45) is 0. The van der Waals surface area contributed by atoms with E-state index in [0.717, 1.165) is 0 Å². The van der Waals surface area contributed by atoms with Crippen LogP contribution < -0.4 is 11.5 Å². The zero-order valence-corrected chi connectivity index (χ0v) is 8.89. The molecule has 1 aliphatic heterocycles. The highest BCUT2D eigenvalue weighted by Crippen LogP contribution is 2.22. The maximum Gasteiger partial charge on any atom is 0.255 e. The van der Waals surface area contributed by atoms with Crippen LogP contribution in [0.15, 0.2) is 18.2 Å². The monoisotopic (exact) mass is 221 g/mol. The standard InChI is InChI=1S/C11H15N3O2/c12-8-1-2-9(10(13)3-8)11(16)14-4-7(5-14)6-15/h1-3,7,15H,4-6,12-13H2. The number of rotatable bonds is 2. The summed E-state index contributed by atoms with van der Waals surface area (Å²) < 4.78 is 0. The third kappa shape index (κ3) is 1.81. The van der Waals surface area contributed by atoms with Crippen molar-refractivity contribution in [3.63, 3.8) is 0 Å². The van der Waals surface area contributed by atoms with Crippen molar-refractivity contribution in [1.29, 1.82) is 0 Å². The average Bonchev–Trinajstić information content (AvgIpc) is 2.15. The van der Waals surface area contributed by atoms with E-state index in [1.54, 1.807) is 23.1 Å². The van der Waals surface area contributed by atoms with E-state index in [4.69, 9.17) is 16.6 Å². The highest BCUT2D eigenvalue weighted by Gasteiger charge is 2.31. The molecule has 86 valence electrons. The second kappa shape index (κ2) is 4.02. The minimum absolute atomic E-state index is 0.0952. The first-order valence-electron chi connectivity index (χ1n) is 5.17. The SMILES string of the molecule is Nc1ccc(C(=O)N2CC(CO)C2)c(N)c1. The van der Waals surface area contributed by atoms with Crippen molar-refractivity contribution in [3.05, 3.63) is 23.8 Å². The summed E-state index contributed by atoms with van der Waals surface area (Å²) in [4.78, 5) is 13.6. The molecule has 1 aromatic carbocycles.